The molecule has 3 aliphatic rings. The molecule has 0 saturated carbocycles. The number of phenols is 1. The van der Waals surface area contributed by atoms with E-state index in [2.05, 4.69) is 4.90 Å². The molecule has 3 aliphatic heterocycles. The van der Waals surface area contributed by atoms with Crippen LogP contribution in [0, 0.1) is 5.92 Å². The lowest BCUT2D eigenvalue weighted by molar-refractivity contribution is 0.0495. The molecular weight excluding hydrogens is 226 g/mol. The van der Waals surface area contributed by atoms with E-state index in [4.69, 9.17) is 4.74 Å². The van der Waals surface area contributed by atoms with E-state index >= 15 is 0 Å². The van der Waals surface area contributed by atoms with Crippen molar-refractivity contribution in [3.63, 3.8) is 0 Å². The first-order valence-corrected chi connectivity index (χ1v) is 6.86. The second kappa shape index (κ2) is 4.81. The van der Waals surface area contributed by atoms with Crippen molar-refractivity contribution in [2.75, 3.05) is 20.2 Å². The van der Waals surface area contributed by atoms with Crippen LogP contribution in [0.25, 0.3) is 0 Å². The fourth-order valence-electron chi connectivity index (χ4n) is 3.41. The van der Waals surface area contributed by atoms with Gasteiger partial charge in [-0.15, -0.1) is 0 Å². The average molecular weight is 247 g/mol. The van der Waals surface area contributed by atoms with Crippen molar-refractivity contribution in [1.82, 2.24) is 4.90 Å². The molecule has 1 N–H and O–H groups in total. The van der Waals surface area contributed by atoms with Crippen molar-refractivity contribution in [3.05, 3.63) is 23.8 Å². The monoisotopic (exact) mass is 247 g/mol. The van der Waals surface area contributed by atoms with Crippen LogP contribution < -0.4 is 4.74 Å². The first-order chi connectivity index (χ1) is 8.76. The van der Waals surface area contributed by atoms with Gasteiger partial charge in [-0.1, -0.05) is 0 Å². The standard InChI is InChI=1S/C15H21NO2/c1-18-14-2-3-15(17)12(10-14)9-13-8-11-4-6-16(13)7-5-11/h2-3,10-11,13,17H,4-9H2,1H3. The number of hydrogen-bond acceptors (Lipinski definition) is 3. The van der Waals surface area contributed by atoms with Crippen LogP contribution in [0.4, 0.5) is 0 Å². The Bertz CT molecular complexity index is 425. The molecule has 3 heterocycles. The smallest absolute Gasteiger partial charge is 0.119 e. The van der Waals surface area contributed by atoms with Crippen molar-refractivity contribution < 1.29 is 9.84 Å². The summed E-state index contributed by atoms with van der Waals surface area (Å²) in [6.45, 7) is 2.47. The Balaban J connectivity index is 1.76. The molecule has 0 aromatic heterocycles. The third-order valence-corrected chi connectivity index (χ3v) is 4.51. The van der Waals surface area contributed by atoms with Gasteiger partial charge in [0.1, 0.15) is 11.5 Å². The molecule has 0 amide bonds. The quantitative estimate of drug-likeness (QED) is 0.890. The molecule has 0 radical (unpaired) electrons. The van der Waals surface area contributed by atoms with Gasteiger partial charge in [0.2, 0.25) is 0 Å². The molecule has 98 valence electrons. The summed E-state index contributed by atoms with van der Waals surface area (Å²) in [4.78, 5) is 2.58. The van der Waals surface area contributed by atoms with Gasteiger partial charge in [0.05, 0.1) is 7.11 Å². The Hall–Kier alpha value is -1.22. The van der Waals surface area contributed by atoms with Crippen LogP contribution in [0.1, 0.15) is 24.8 Å². The summed E-state index contributed by atoms with van der Waals surface area (Å²) in [7, 11) is 1.67. The number of aromatic hydroxyl groups is 1. The first-order valence-electron chi connectivity index (χ1n) is 6.86. The molecule has 3 fully saturated rings. The van der Waals surface area contributed by atoms with Gasteiger partial charge >= 0.3 is 0 Å². The maximum absolute atomic E-state index is 9.96. The van der Waals surface area contributed by atoms with Crippen LogP contribution in [0.5, 0.6) is 11.5 Å². The molecule has 2 bridgehead atoms. The maximum atomic E-state index is 9.96. The van der Waals surface area contributed by atoms with Gasteiger partial charge in [0.15, 0.2) is 0 Å². The number of fused-ring (bicyclic) bond motifs is 3. The number of ether oxygens (including phenoxy) is 1. The highest BCUT2D eigenvalue weighted by Crippen LogP contribution is 2.35. The minimum Gasteiger partial charge on any atom is -0.508 e. The van der Waals surface area contributed by atoms with Crippen molar-refractivity contribution >= 4 is 0 Å². The summed E-state index contributed by atoms with van der Waals surface area (Å²) in [6, 6.07) is 6.13. The van der Waals surface area contributed by atoms with Crippen LogP contribution in [0.15, 0.2) is 18.2 Å². The molecule has 1 aromatic carbocycles. The lowest BCUT2D eigenvalue weighted by atomic mass is 9.81. The number of nitrogens with zero attached hydrogens (tertiary/aromatic N) is 1. The molecule has 1 atom stereocenters. The second-order valence-corrected chi connectivity index (χ2v) is 5.57. The minimum atomic E-state index is 0.401. The molecule has 3 nitrogen and oxygen atoms in total. The Morgan fingerprint density at radius 2 is 2.11 bits per heavy atom. The third-order valence-electron chi connectivity index (χ3n) is 4.51. The molecule has 0 aliphatic carbocycles. The molecule has 1 aromatic rings. The van der Waals surface area contributed by atoms with Gasteiger partial charge in [0, 0.05) is 6.04 Å². The Morgan fingerprint density at radius 3 is 2.72 bits per heavy atom. The fourth-order valence-corrected chi connectivity index (χ4v) is 3.41. The molecular formula is C15H21NO2. The van der Waals surface area contributed by atoms with E-state index in [1.165, 1.54) is 32.4 Å². The van der Waals surface area contributed by atoms with Crippen LogP contribution in [0.2, 0.25) is 0 Å². The van der Waals surface area contributed by atoms with Crippen LogP contribution in [-0.2, 0) is 6.42 Å². The predicted molar refractivity (Wildman–Crippen MR) is 71.1 cm³/mol. The van der Waals surface area contributed by atoms with Crippen molar-refractivity contribution in [1.29, 1.82) is 0 Å². The summed E-state index contributed by atoms with van der Waals surface area (Å²) >= 11 is 0. The van der Waals surface area contributed by atoms with E-state index in [1.807, 2.05) is 12.1 Å². The van der Waals surface area contributed by atoms with Crippen LogP contribution in [-0.4, -0.2) is 36.2 Å². The molecule has 4 rings (SSSR count). The first kappa shape index (κ1) is 11.8. The van der Waals surface area contributed by atoms with E-state index in [0.29, 0.717) is 11.8 Å². The number of phenolic OH excluding ortho intramolecular Hbond substituents is 1. The number of rotatable bonds is 3. The van der Waals surface area contributed by atoms with E-state index in [1.54, 1.807) is 13.2 Å². The number of methoxy groups -OCH3 is 1. The molecule has 3 saturated heterocycles. The molecule has 0 spiro atoms. The molecule has 18 heavy (non-hydrogen) atoms. The largest absolute Gasteiger partial charge is 0.508 e. The van der Waals surface area contributed by atoms with E-state index in [0.717, 1.165) is 23.7 Å². The summed E-state index contributed by atoms with van der Waals surface area (Å²) in [5, 5.41) is 9.96. The fraction of sp³-hybridized carbons (Fsp3) is 0.600. The topological polar surface area (TPSA) is 32.7 Å². The molecule has 3 heteroatoms. The van der Waals surface area contributed by atoms with Gasteiger partial charge < -0.3 is 14.7 Å². The van der Waals surface area contributed by atoms with Crippen molar-refractivity contribution in [2.24, 2.45) is 5.92 Å². The third kappa shape index (κ3) is 2.19. The van der Waals surface area contributed by atoms with Crippen molar-refractivity contribution in [3.8, 4) is 11.5 Å². The minimum absolute atomic E-state index is 0.401. The predicted octanol–water partition coefficient (Wildman–Crippen LogP) is 2.43. The Morgan fingerprint density at radius 1 is 1.33 bits per heavy atom. The average Bonchev–Trinajstić information content (AvgIpc) is 2.43. The summed E-state index contributed by atoms with van der Waals surface area (Å²) in [5.41, 5.74) is 1.02. The highest BCUT2D eigenvalue weighted by atomic mass is 16.5. The SMILES string of the molecule is COc1ccc(O)c(CC2CC3CCN2CC3)c1. The Kier molecular flexibility index (Phi) is 3.16. The lowest BCUT2D eigenvalue weighted by Gasteiger charge is -2.45. The zero-order valence-electron chi connectivity index (χ0n) is 10.9. The van der Waals surface area contributed by atoms with Crippen LogP contribution >= 0.6 is 0 Å². The second-order valence-electron chi connectivity index (χ2n) is 5.57. The van der Waals surface area contributed by atoms with E-state index in [9.17, 15) is 5.11 Å². The van der Waals surface area contributed by atoms with Gasteiger partial charge in [-0.3, -0.25) is 0 Å². The van der Waals surface area contributed by atoms with E-state index in [-0.39, 0.29) is 0 Å². The summed E-state index contributed by atoms with van der Waals surface area (Å²) < 4.78 is 5.24. The zero-order chi connectivity index (χ0) is 12.5. The Labute approximate surface area is 108 Å². The lowest BCUT2D eigenvalue weighted by Crippen LogP contribution is -2.49. The highest BCUT2D eigenvalue weighted by Gasteiger charge is 2.33. The van der Waals surface area contributed by atoms with Crippen molar-refractivity contribution in [2.45, 2.75) is 31.7 Å². The number of benzene rings is 1. The van der Waals surface area contributed by atoms with E-state index < -0.39 is 0 Å². The van der Waals surface area contributed by atoms with Crippen LogP contribution in [0.3, 0.4) is 0 Å². The van der Waals surface area contributed by atoms with Gasteiger partial charge in [-0.25, -0.2) is 0 Å². The van der Waals surface area contributed by atoms with Gasteiger partial charge in [0.25, 0.3) is 0 Å². The van der Waals surface area contributed by atoms with Gasteiger partial charge in [-0.2, -0.15) is 0 Å². The van der Waals surface area contributed by atoms with Gasteiger partial charge in [-0.05, 0) is 68.5 Å². The normalized spacial score (nSPS) is 30.4. The highest BCUT2D eigenvalue weighted by molar-refractivity contribution is 5.39. The zero-order valence-corrected chi connectivity index (χ0v) is 10.9. The summed E-state index contributed by atoms with van der Waals surface area (Å²) in [5.74, 6) is 2.14. The number of hydrogen-bond donors (Lipinski definition) is 1. The molecule has 1 unspecified atom stereocenters. The maximum Gasteiger partial charge on any atom is 0.119 e. The number of piperidine rings is 3. The summed E-state index contributed by atoms with van der Waals surface area (Å²) in [6.07, 6.45) is 4.96.